The van der Waals surface area contributed by atoms with E-state index >= 15 is 0 Å². The number of carbonyl (C=O) groups excluding carboxylic acids is 1. The molecule has 2 rings (SSSR count). The van der Waals surface area contributed by atoms with Crippen molar-refractivity contribution in [1.82, 2.24) is 0 Å². The first-order valence-corrected chi connectivity index (χ1v) is 5.79. The van der Waals surface area contributed by atoms with Gasteiger partial charge in [0.2, 0.25) is 5.91 Å². The molecule has 0 aliphatic carbocycles. The quantitative estimate of drug-likeness (QED) is 0.629. The summed E-state index contributed by atoms with van der Waals surface area (Å²) in [5.74, 6) is 2.50. The second-order valence-corrected chi connectivity index (χ2v) is 4.71. The van der Waals surface area contributed by atoms with Crippen LogP contribution in [0, 0.1) is 18.3 Å². The van der Waals surface area contributed by atoms with Crippen molar-refractivity contribution in [3.63, 3.8) is 0 Å². The van der Waals surface area contributed by atoms with E-state index in [-0.39, 0.29) is 11.8 Å². The molecule has 0 bridgehead atoms. The number of nitrogens with zero attached hydrogens (tertiary/aromatic N) is 1. The van der Waals surface area contributed by atoms with Crippen LogP contribution >= 0.6 is 23.2 Å². The van der Waals surface area contributed by atoms with E-state index in [1.165, 1.54) is 0 Å². The van der Waals surface area contributed by atoms with E-state index in [4.69, 9.17) is 35.4 Å². The summed E-state index contributed by atoms with van der Waals surface area (Å²) in [4.78, 5) is 13.3. The van der Waals surface area contributed by atoms with E-state index in [1.807, 2.05) is 0 Å². The van der Waals surface area contributed by atoms with Gasteiger partial charge in [0.15, 0.2) is 0 Å². The molecule has 1 aliphatic heterocycles. The summed E-state index contributed by atoms with van der Waals surface area (Å²) in [6.07, 6.45) is 5.68. The third-order valence-corrected chi connectivity index (χ3v) is 3.36. The summed E-state index contributed by atoms with van der Waals surface area (Å²) in [5.41, 5.74) is 6.59. The van der Waals surface area contributed by atoms with Crippen LogP contribution in [0.4, 0.5) is 11.4 Å². The predicted molar refractivity (Wildman–Crippen MR) is 70.2 cm³/mol. The molecular weight excluding hydrogens is 259 g/mol. The summed E-state index contributed by atoms with van der Waals surface area (Å²) >= 11 is 11.9. The van der Waals surface area contributed by atoms with Gasteiger partial charge in [-0.2, -0.15) is 0 Å². The van der Waals surface area contributed by atoms with E-state index in [0.717, 1.165) is 0 Å². The highest BCUT2D eigenvalue weighted by Gasteiger charge is 2.29. The van der Waals surface area contributed by atoms with Crippen LogP contribution in [-0.4, -0.2) is 12.5 Å². The van der Waals surface area contributed by atoms with Crippen LogP contribution in [0.25, 0.3) is 0 Å². The zero-order valence-corrected chi connectivity index (χ0v) is 10.4. The van der Waals surface area contributed by atoms with Crippen LogP contribution < -0.4 is 10.6 Å². The molecule has 88 valence electrons. The van der Waals surface area contributed by atoms with Crippen LogP contribution in [0.1, 0.15) is 6.42 Å². The van der Waals surface area contributed by atoms with Gasteiger partial charge in [0, 0.05) is 24.6 Å². The minimum atomic E-state index is -0.0578. The van der Waals surface area contributed by atoms with Crippen molar-refractivity contribution in [1.29, 1.82) is 0 Å². The molecule has 1 aliphatic rings. The Kier molecular flexibility index (Phi) is 3.19. The molecule has 3 nitrogen and oxygen atoms in total. The van der Waals surface area contributed by atoms with Crippen LogP contribution in [0.3, 0.4) is 0 Å². The van der Waals surface area contributed by atoms with Gasteiger partial charge in [-0.3, -0.25) is 4.79 Å². The maximum Gasteiger partial charge on any atom is 0.228 e. The SMILES string of the molecule is C#CC1CC(=O)N(c2cc(Cl)c(N)c(Cl)c2)C1. The van der Waals surface area contributed by atoms with Gasteiger partial charge < -0.3 is 10.6 Å². The molecule has 1 amide bonds. The van der Waals surface area contributed by atoms with Crippen molar-refractivity contribution >= 4 is 40.5 Å². The summed E-state index contributed by atoms with van der Waals surface area (Å²) < 4.78 is 0. The Balaban J connectivity index is 2.36. The third-order valence-electron chi connectivity index (χ3n) is 2.74. The number of nitrogen functional groups attached to an aromatic ring is 1. The minimum absolute atomic E-state index is 0.0233. The Morgan fingerprint density at radius 2 is 2.00 bits per heavy atom. The highest BCUT2D eigenvalue weighted by atomic mass is 35.5. The molecule has 0 saturated carbocycles. The molecule has 5 heteroatoms. The fourth-order valence-electron chi connectivity index (χ4n) is 1.80. The van der Waals surface area contributed by atoms with Gasteiger partial charge in [0.1, 0.15) is 0 Å². The number of halogens is 2. The highest BCUT2D eigenvalue weighted by Crippen LogP contribution is 2.35. The van der Waals surface area contributed by atoms with Gasteiger partial charge in [0.25, 0.3) is 0 Å². The second-order valence-electron chi connectivity index (χ2n) is 3.90. The summed E-state index contributed by atoms with van der Waals surface area (Å²) in [6, 6.07) is 3.25. The van der Waals surface area contributed by atoms with Gasteiger partial charge >= 0.3 is 0 Å². The fraction of sp³-hybridized carbons (Fsp3) is 0.250. The van der Waals surface area contributed by atoms with Gasteiger partial charge in [-0.05, 0) is 12.1 Å². The lowest BCUT2D eigenvalue weighted by molar-refractivity contribution is -0.117. The topological polar surface area (TPSA) is 46.3 Å². The molecule has 1 saturated heterocycles. The van der Waals surface area contributed by atoms with Crippen LogP contribution in [0.5, 0.6) is 0 Å². The lowest BCUT2D eigenvalue weighted by Gasteiger charge is -2.17. The Morgan fingerprint density at radius 1 is 1.41 bits per heavy atom. The number of carbonyl (C=O) groups is 1. The van der Waals surface area contributed by atoms with Crippen LogP contribution in [-0.2, 0) is 4.79 Å². The zero-order valence-electron chi connectivity index (χ0n) is 8.91. The monoisotopic (exact) mass is 268 g/mol. The number of amides is 1. The predicted octanol–water partition coefficient (Wildman–Crippen LogP) is 2.56. The second kappa shape index (κ2) is 4.48. The molecule has 17 heavy (non-hydrogen) atoms. The van der Waals surface area contributed by atoms with E-state index in [1.54, 1.807) is 17.0 Å². The first-order chi connectivity index (χ1) is 8.02. The molecule has 2 N–H and O–H groups in total. The number of terminal acetylenes is 1. The molecule has 0 aromatic heterocycles. The van der Waals surface area contributed by atoms with Crippen molar-refractivity contribution in [3.05, 3.63) is 22.2 Å². The number of anilines is 2. The average Bonchev–Trinajstić information content (AvgIpc) is 2.67. The smallest absolute Gasteiger partial charge is 0.228 e. The first kappa shape index (κ1) is 12.1. The van der Waals surface area contributed by atoms with Gasteiger partial charge in [-0.25, -0.2) is 0 Å². The van der Waals surface area contributed by atoms with Gasteiger partial charge in [0.05, 0.1) is 15.7 Å². The Labute approximate surface area is 109 Å². The number of benzene rings is 1. The zero-order chi connectivity index (χ0) is 12.6. The van der Waals surface area contributed by atoms with Crippen molar-refractivity contribution in [3.8, 4) is 12.3 Å². The lowest BCUT2D eigenvalue weighted by Crippen LogP contribution is -2.24. The van der Waals surface area contributed by atoms with Crippen LogP contribution in [0.15, 0.2) is 12.1 Å². The summed E-state index contributed by atoms with van der Waals surface area (Å²) in [5, 5.41) is 0.675. The number of nitrogens with two attached hydrogens (primary N) is 1. The van der Waals surface area contributed by atoms with Gasteiger partial charge in [-0.1, -0.05) is 23.2 Å². The third kappa shape index (κ3) is 2.19. The minimum Gasteiger partial charge on any atom is -0.396 e. The van der Waals surface area contributed by atoms with Gasteiger partial charge in [-0.15, -0.1) is 12.3 Å². The lowest BCUT2D eigenvalue weighted by atomic mass is 10.1. The summed E-state index contributed by atoms with van der Waals surface area (Å²) in [6.45, 7) is 0.492. The molecule has 1 heterocycles. The largest absolute Gasteiger partial charge is 0.396 e. The Hall–Kier alpha value is -1.37. The molecule has 1 aromatic rings. The van der Waals surface area contributed by atoms with Crippen molar-refractivity contribution in [2.24, 2.45) is 5.92 Å². The van der Waals surface area contributed by atoms with E-state index < -0.39 is 0 Å². The molecular formula is C12H10Cl2N2O. The molecule has 1 atom stereocenters. The average molecular weight is 269 g/mol. The van der Waals surface area contributed by atoms with E-state index in [0.29, 0.717) is 34.4 Å². The van der Waals surface area contributed by atoms with Crippen molar-refractivity contribution in [2.45, 2.75) is 6.42 Å². The maximum atomic E-state index is 11.8. The number of rotatable bonds is 1. The van der Waals surface area contributed by atoms with Crippen molar-refractivity contribution in [2.75, 3.05) is 17.2 Å². The number of hydrogen-bond acceptors (Lipinski definition) is 2. The fourth-order valence-corrected chi connectivity index (χ4v) is 2.27. The van der Waals surface area contributed by atoms with Crippen LogP contribution in [0.2, 0.25) is 10.0 Å². The molecule has 0 radical (unpaired) electrons. The summed E-state index contributed by atoms with van der Waals surface area (Å²) in [7, 11) is 0. The van der Waals surface area contributed by atoms with E-state index in [2.05, 4.69) is 5.92 Å². The number of hydrogen-bond donors (Lipinski definition) is 1. The molecule has 1 unspecified atom stereocenters. The standard InChI is InChI=1S/C12H10Cl2N2O/c1-2-7-3-11(17)16(6-7)8-4-9(13)12(15)10(14)5-8/h1,4-5,7H,3,6,15H2. The first-order valence-electron chi connectivity index (χ1n) is 5.04. The maximum absolute atomic E-state index is 11.8. The van der Waals surface area contributed by atoms with E-state index in [9.17, 15) is 4.79 Å². The molecule has 1 aromatic carbocycles. The highest BCUT2D eigenvalue weighted by molar-refractivity contribution is 6.39. The van der Waals surface area contributed by atoms with Crippen molar-refractivity contribution < 1.29 is 4.79 Å². The Morgan fingerprint density at radius 3 is 2.47 bits per heavy atom. The normalized spacial score (nSPS) is 19.5. The Bertz CT molecular complexity index is 499. The molecule has 1 fully saturated rings. The molecule has 0 spiro atoms.